The normalized spacial score (nSPS) is 14.2. The number of hydrogen-bond acceptors (Lipinski definition) is 5. The summed E-state index contributed by atoms with van der Waals surface area (Å²) in [6, 6.07) is 12.0. The number of thiophene rings is 1. The molecule has 3 amide bonds. The van der Waals surface area contributed by atoms with Crippen molar-refractivity contribution < 1.29 is 14.4 Å². The number of piperazine rings is 1. The Kier molecular flexibility index (Phi) is 7.56. The van der Waals surface area contributed by atoms with E-state index in [-0.39, 0.29) is 30.7 Å². The van der Waals surface area contributed by atoms with E-state index in [1.807, 2.05) is 50.8 Å². The summed E-state index contributed by atoms with van der Waals surface area (Å²) in [7, 11) is 0. The van der Waals surface area contributed by atoms with Crippen molar-refractivity contribution >= 4 is 39.7 Å². The molecule has 2 heterocycles. The summed E-state index contributed by atoms with van der Waals surface area (Å²) in [5, 5.41) is 6.36. The van der Waals surface area contributed by atoms with E-state index in [1.54, 1.807) is 6.07 Å². The number of anilines is 2. The number of rotatable bonds is 6. The number of nitrogens with one attached hydrogen (secondary N) is 2. The van der Waals surface area contributed by atoms with Crippen LogP contribution in [0, 0.1) is 12.3 Å². The van der Waals surface area contributed by atoms with Gasteiger partial charge in [0.15, 0.2) is 0 Å². The van der Waals surface area contributed by atoms with Crippen molar-refractivity contribution in [1.29, 1.82) is 0 Å². The Balaban J connectivity index is 1.44. The average Bonchev–Trinajstić information content (AvgIpc) is 3.13. The third-order valence-corrected chi connectivity index (χ3v) is 6.57. The summed E-state index contributed by atoms with van der Waals surface area (Å²) >= 11 is 1.25. The first-order valence-corrected chi connectivity index (χ1v) is 11.7. The molecule has 0 unspecified atom stereocenters. The van der Waals surface area contributed by atoms with E-state index in [0.717, 1.165) is 18.7 Å². The molecule has 2 aromatic rings. The fourth-order valence-electron chi connectivity index (χ4n) is 3.44. The summed E-state index contributed by atoms with van der Waals surface area (Å²) in [4.78, 5) is 42.0. The quantitative estimate of drug-likeness (QED) is 0.697. The zero-order valence-electron chi connectivity index (χ0n) is 19.2. The van der Waals surface area contributed by atoms with E-state index < -0.39 is 5.41 Å². The smallest absolute Gasteiger partial charge is 0.261 e. The monoisotopic (exact) mass is 456 g/mol. The first-order chi connectivity index (χ1) is 15.1. The first kappa shape index (κ1) is 23.8. The molecule has 0 atom stereocenters. The molecule has 1 aromatic carbocycles. The van der Waals surface area contributed by atoms with Gasteiger partial charge in [0.2, 0.25) is 11.8 Å². The van der Waals surface area contributed by atoms with Crippen LogP contribution in [0.2, 0.25) is 0 Å². The third-order valence-electron chi connectivity index (χ3n) is 5.42. The van der Waals surface area contributed by atoms with Crippen molar-refractivity contribution in [3.05, 3.63) is 46.8 Å². The maximum absolute atomic E-state index is 12.6. The molecule has 0 aliphatic carbocycles. The molecule has 32 heavy (non-hydrogen) atoms. The Morgan fingerprint density at radius 2 is 1.69 bits per heavy atom. The van der Waals surface area contributed by atoms with Gasteiger partial charge in [-0.2, -0.15) is 0 Å². The number of nitrogens with zero attached hydrogens (tertiary/aromatic N) is 2. The summed E-state index contributed by atoms with van der Waals surface area (Å²) in [5.41, 5.74) is 1.48. The Morgan fingerprint density at radius 3 is 2.31 bits per heavy atom. The van der Waals surface area contributed by atoms with Gasteiger partial charge < -0.3 is 20.4 Å². The van der Waals surface area contributed by atoms with Gasteiger partial charge >= 0.3 is 0 Å². The Labute approximate surface area is 193 Å². The molecule has 0 saturated carbocycles. The second-order valence-electron chi connectivity index (χ2n) is 9.04. The molecule has 1 aliphatic rings. The molecule has 1 aliphatic heterocycles. The van der Waals surface area contributed by atoms with Crippen LogP contribution in [0.25, 0.3) is 0 Å². The Bertz CT molecular complexity index is 957. The van der Waals surface area contributed by atoms with E-state index in [0.29, 0.717) is 23.0 Å². The molecule has 172 valence electrons. The van der Waals surface area contributed by atoms with Crippen LogP contribution in [0.1, 0.15) is 42.4 Å². The molecule has 2 N–H and O–H groups in total. The van der Waals surface area contributed by atoms with Gasteiger partial charge in [0.1, 0.15) is 0 Å². The highest BCUT2D eigenvalue weighted by atomic mass is 32.1. The van der Waals surface area contributed by atoms with Crippen LogP contribution in [0.4, 0.5) is 10.7 Å². The topological polar surface area (TPSA) is 81.8 Å². The lowest BCUT2D eigenvalue weighted by Crippen LogP contribution is -2.49. The molecule has 7 nitrogen and oxygen atoms in total. The summed E-state index contributed by atoms with van der Waals surface area (Å²) in [6.45, 7) is 10.6. The molecule has 1 saturated heterocycles. The molecule has 3 rings (SSSR count). The van der Waals surface area contributed by atoms with Gasteiger partial charge in [-0.1, -0.05) is 39.0 Å². The van der Waals surface area contributed by atoms with Crippen LogP contribution in [-0.4, -0.2) is 55.3 Å². The minimum Gasteiger partial charge on any atom is -0.368 e. The van der Waals surface area contributed by atoms with Crippen LogP contribution in [0.3, 0.4) is 0 Å². The van der Waals surface area contributed by atoms with Gasteiger partial charge in [-0.05, 0) is 30.7 Å². The standard InChI is InChI=1S/C24H32N4O3S/c1-17-16-19(26-23(31)24(2,3)4)32-21(17)22(30)25-11-10-20(29)28-14-12-27(13-15-28)18-8-6-5-7-9-18/h5-9,16H,10-15H2,1-4H3,(H,25,30)(H,26,31). The maximum Gasteiger partial charge on any atom is 0.261 e. The zero-order chi connectivity index (χ0) is 23.3. The SMILES string of the molecule is Cc1cc(NC(=O)C(C)(C)C)sc1C(=O)NCCC(=O)N1CCN(c2ccccc2)CC1. The van der Waals surface area contributed by atoms with E-state index in [2.05, 4.69) is 27.7 Å². The number of benzene rings is 1. The van der Waals surface area contributed by atoms with Crippen LogP contribution in [-0.2, 0) is 9.59 Å². The lowest BCUT2D eigenvalue weighted by molar-refractivity contribution is -0.131. The minimum absolute atomic E-state index is 0.0547. The number of carbonyl (C=O) groups is 3. The van der Waals surface area contributed by atoms with E-state index in [9.17, 15) is 14.4 Å². The van der Waals surface area contributed by atoms with Crippen molar-refractivity contribution in [1.82, 2.24) is 10.2 Å². The van der Waals surface area contributed by atoms with Crippen molar-refractivity contribution in [3.8, 4) is 0 Å². The summed E-state index contributed by atoms with van der Waals surface area (Å²) in [6.07, 6.45) is 0.273. The van der Waals surface area contributed by atoms with Gasteiger partial charge in [0.05, 0.1) is 9.88 Å². The number of para-hydroxylation sites is 1. The molecule has 1 aromatic heterocycles. The van der Waals surface area contributed by atoms with Crippen molar-refractivity contribution in [2.24, 2.45) is 5.41 Å². The molecular weight excluding hydrogens is 424 g/mol. The number of aryl methyl sites for hydroxylation is 1. The molecule has 8 heteroatoms. The zero-order valence-corrected chi connectivity index (χ0v) is 20.1. The molecule has 0 radical (unpaired) electrons. The van der Waals surface area contributed by atoms with Crippen molar-refractivity contribution in [2.75, 3.05) is 42.9 Å². The van der Waals surface area contributed by atoms with Crippen molar-refractivity contribution in [2.45, 2.75) is 34.1 Å². The molecule has 1 fully saturated rings. The molecule has 0 bridgehead atoms. The van der Waals surface area contributed by atoms with Crippen LogP contribution in [0.15, 0.2) is 36.4 Å². The lowest BCUT2D eigenvalue weighted by atomic mass is 9.96. The fraction of sp³-hybridized carbons (Fsp3) is 0.458. The summed E-state index contributed by atoms with van der Waals surface area (Å²) < 4.78 is 0. The van der Waals surface area contributed by atoms with Gasteiger partial charge in [-0.15, -0.1) is 11.3 Å². The molecular formula is C24H32N4O3S. The second-order valence-corrected chi connectivity index (χ2v) is 10.1. The Hall–Kier alpha value is -2.87. The predicted molar refractivity (Wildman–Crippen MR) is 129 cm³/mol. The number of amides is 3. The second kappa shape index (κ2) is 10.2. The predicted octanol–water partition coefficient (Wildman–Crippen LogP) is 3.51. The van der Waals surface area contributed by atoms with Gasteiger partial charge in [0.25, 0.3) is 5.91 Å². The van der Waals surface area contributed by atoms with E-state index >= 15 is 0 Å². The third kappa shape index (κ3) is 6.09. The Morgan fingerprint density at radius 1 is 1.03 bits per heavy atom. The molecule has 0 spiro atoms. The number of hydrogen-bond donors (Lipinski definition) is 2. The maximum atomic E-state index is 12.6. The number of carbonyl (C=O) groups excluding carboxylic acids is 3. The van der Waals surface area contributed by atoms with Gasteiger partial charge in [-0.3, -0.25) is 14.4 Å². The minimum atomic E-state index is -0.507. The highest BCUT2D eigenvalue weighted by Gasteiger charge is 2.24. The van der Waals surface area contributed by atoms with Crippen LogP contribution >= 0.6 is 11.3 Å². The summed E-state index contributed by atoms with van der Waals surface area (Å²) in [5.74, 6) is -0.256. The van der Waals surface area contributed by atoms with E-state index in [1.165, 1.54) is 17.0 Å². The highest BCUT2D eigenvalue weighted by molar-refractivity contribution is 7.18. The highest BCUT2D eigenvalue weighted by Crippen LogP contribution is 2.28. The van der Waals surface area contributed by atoms with Crippen LogP contribution in [0.5, 0.6) is 0 Å². The van der Waals surface area contributed by atoms with Crippen LogP contribution < -0.4 is 15.5 Å². The van der Waals surface area contributed by atoms with Gasteiger partial charge in [-0.25, -0.2) is 0 Å². The fourth-order valence-corrected chi connectivity index (χ4v) is 4.43. The van der Waals surface area contributed by atoms with Crippen molar-refractivity contribution in [3.63, 3.8) is 0 Å². The lowest BCUT2D eigenvalue weighted by Gasteiger charge is -2.36. The average molecular weight is 457 g/mol. The van der Waals surface area contributed by atoms with Gasteiger partial charge in [0, 0.05) is 50.2 Å². The largest absolute Gasteiger partial charge is 0.368 e. The van der Waals surface area contributed by atoms with E-state index in [4.69, 9.17) is 0 Å². The first-order valence-electron chi connectivity index (χ1n) is 10.9.